The summed E-state index contributed by atoms with van der Waals surface area (Å²) >= 11 is 5.54. The average molecular weight is 303 g/mol. The first-order valence-corrected chi connectivity index (χ1v) is 7.36. The highest BCUT2D eigenvalue weighted by Gasteiger charge is 2.35. The molecule has 0 aliphatic heterocycles. The van der Waals surface area contributed by atoms with Crippen LogP contribution in [-0.4, -0.2) is 0 Å². The van der Waals surface area contributed by atoms with Crippen LogP contribution >= 0.6 is 27.3 Å². The summed E-state index contributed by atoms with van der Waals surface area (Å²) in [5, 5.41) is 2.97. The first kappa shape index (κ1) is 10.1. The van der Waals surface area contributed by atoms with E-state index in [2.05, 4.69) is 60.1 Å². The van der Waals surface area contributed by atoms with E-state index in [0.29, 0.717) is 0 Å². The molecule has 1 aliphatic carbocycles. The maximum Gasteiger partial charge on any atom is 0.0369 e. The zero-order chi connectivity index (χ0) is 11.8. The molecule has 4 rings (SSSR count). The SMILES string of the molecule is CC1(C)c2cccc3sc4cc(Br)cc1c4c23. The van der Waals surface area contributed by atoms with Crippen LogP contribution in [0.1, 0.15) is 25.0 Å². The Balaban J connectivity index is 2.38. The first-order valence-electron chi connectivity index (χ1n) is 5.75. The minimum atomic E-state index is 0.139. The van der Waals surface area contributed by atoms with Gasteiger partial charge in [-0.2, -0.15) is 0 Å². The molecule has 0 bridgehead atoms. The van der Waals surface area contributed by atoms with Gasteiger partial charge in [0, 0.05) is 30.1 Å². The van der Waals surface area contributed by atoms with Crippen molar-refractivity contribution in [3.63, 3.8) is 0 Å². The van der Waals surface area contributed by atoms with Crippen molar-refractivity contribution in [3.8, 4) is 0 Å². The fourth-order valence-corrected chi connectivity index (χ4v) is 4.88. The molecular weight excluding hydrogens is 292 g/mol. The highest BCUT2D eigenvalue weighted by Crippen LogP contribution is 2.52. The quantitative estimate of drug-likeness (QED) is 0.517. The summed E-state index contributed by atoms with van der Waals surface area (Å²) in [4.78, 5) is 0. The molecule has 0 saturated heterocycles. The van der Waals surface area contributed by atoms with E-state index in [1.54, 1.807) is 0 Å². The Morgan fingerprint density at radius 3 is 2.59 bits per heavy atom. The Morgan fingerprint density at radius 1 is 1.00 bits per heavy atom. The maximum absolute atomic E-state index is 3.64. The lowest BCUT2D eigenvalue weighted by atomic mass is 9.82. The standard InChI is InChI=1S/C15H11BrS/c1-15(2)9-4-3-5-11-13(9)14-10(15)6-8(16)7-12(14)17-11/h3-7H,1-2H3. The van der Waals surface area contributed by atoms with E-state index in [0.717, 1.165) is 0 Å². The lowest BCUT2D eigenvalue weighted by Gasteiger charge is -2.22. The van der Waals surface area contributed by atoms with Crippen molar-refractivity contribution < 1.29 is 0 Å². The molecular formula is C15H11BrS. The lowest BCUT2D eigenvalue weighted by molar-refractivity contribution is 0.662. The largest absolute Gasteiger partial charge is 0.135 e. The van der Waals surface area contributed by atoms with Gasteiger partial charge in [-0.15, -0.1) is 11.3 Å². The fourth-order valence-electron chi connectivity index (χ4n) is 3.07. The fraction of sp³-hybridized carbons (Fsp3) is 0.200. The molecule has 0 amide bonds. The van der Waals surface area contributed by atoms with Crippen LogP contribution < -0.4 is 0 Å². The zero-order valence-corrected chi connectivity index (χ0v) is 12.1. The number of benzene rings is 2. The monoisotopic (exact) mass is 302 g/mol. The third-order valence-corrected chi connectivity index (χ3v) is 5.47. The predicted molar refractivity (Wildman–Crippen MR) is 79.2 cm³/mol. The summed E-state index contributed by atoms with van der Waals surface area (Å²) in [6.45, 7) is 4.65. The van der Waals surface area contributed by atoms with Crippen LogP contribution in [-0.2, 0) is 5.41 Å². The Morgan fingerprint density at radius 2 is 1.76 bits per heavy atom. The van der Waals surface area contributed by atoms with E-state index >= 15 is 0 Å². The molecule has 84 valence electrons. The third kappa shape index (κ3) is 1.08. The van der Waals surface area contributed by atoms with E-state index in [4.69, 9.17) is 0 Å². The Bertz CT molecular complexity index is 780. The topological polar surface area (TPSA) is 0 Å². The molecule has 0 unspecified atom stereocenters. The van der Waals surface area contributed by atoms with E-state index in [1.807, 2.05) is 11.3 Å². The summed E-state index contributed by atoms with van der Waals surface area (Å²) < 4.78 is 4.02. The second-order valence-corrected chi connectivity index (χ2v) is 7.23. The van der Waals surface area contributed by atoms with Gasteiger partial charge in [0.1, 0.15) is 0 Å². The molecule has 2 aromatic carbocycles. The summed E-state index contributed by atoms with van der Waals surface area (Å²) in [6.07, 6.45) is 0. The van der Waals surface area contributed by atoms with Crippen LogP contribution in [0.15, 0.2) is 34.8 Å². The predicted octanol–water partition coefficient (Wildman–Crippen LogP) is 5.46. The molecule has 1 aromatic heterocycles. The van der Waals surface area contributed by atoms with Gasteiger partial charge in [-0.1, -0.05) is 41.9 Å². The second-order valence-electron chi connectivity index (χ2n) is 5.23. The van der Waals surface area contributed by atoms with Gasteiger partial charge in [-0.25, -0.2) is 0 Å². The molecule has 0 radical (unpaired) electrons. The molecule has 0 spiro atoms. The maximum atomic E-state index is 3.64. The Kier molecular flexibility index (Phi) is 1.74. The number of rotatable bonds is 0. The molecule has 1 aliphatic rings. The van der Waals surface area contributed by atoms with Crippen molar-refractivity contribution in [2.24, 2.45) is 0 Å². The van der Waals surface area contributed by atoms with Gasteiger partial charge in [0.05, 0.1) is 0 Å². The van der Waals surface area contributed by atoms with Crippen LogP contribution in [0.5, 0.6) is 0 Å². The summed E-state index contributed by atoms with van der Waals surface area (Å²) in [6, 6.07) is 11.2. The third-order valence-electron chi connectivity index (χ3n) is 3.91. The van der Waals surface area contributed by atoms with Crippen molar-refractivity contribution in [1.82, 2.24) is 0 Å². The molecule has 0 atom stereocenters. The number of hydrogen-bond acceptors (Lipinski definition) is 1. The molecule has 0 fully saturated rings. The van der Waals surface area contributed by atoms with Crippen molar-refractivity contribution in [1.29, 1.82) is 0 Å². The Hall–Kier alpha value is -0.860. The normalized spacial score (nSPS) is 16.4. The van der Waals surface area contributed by atoms with Crippen LogP contribution in [0.3, 0.4) is 0 Å². The average Bonchev–Trinajstić information content (AvgIpc) is 2.74. The first-order chi connectivity index (χ1) is 8.09. The number of thiophene rings is 1. The minimum absolute atomic E-state index is 0.139. The van der Waals surface area contributed by atoms with Crippen LogP contribution in [0.2, 0.25) is 0 Å². The van der Waals surface area contributed by atoms with Gasteiger partial charge < -0.3 is 0 Å². The van der Waals surface area contributed by atoms with E-state index in [9.17, 15) is 0 Å². The van der Waals surface area contributed by atoms with Gasteiger partial charge in [0.15, 0.2) is 0 Å². The second kappa shape index (κ2) is 2.93. The molecule has 1 heterocycles. The highest BCUT2D eigenvalue weighted by atomic mass is 79.9. The van der Waals surface area contributed by atoms with Gasteiger partial charge >= 0.3 is 0 Å². The molecule has 0 N–H and O–H groups in total. The van der Waals surface area contributed by atoms with E-state index in [1.165, 1.54) is 35.8 Å². The van der Waals surface area contributed by atoms with Gasteiger partial charge in [0.25, 0.3) is 0 Å². The molecule has 0 saturated carbocycles. The summed E-state index contributed by atoms with van der Waals surface area (Å²) in [5.74, 6) is 0. The van der Waals surface area contributed by atoms with E-state index in [-0.39, 0.29) is 5.41 Å². The van der Waals surface area contributed by atoms with Crippen molar-refractivity contribution in [2.45, 2.75) is 19.3 Å². The Labute approximate surface area is 112 Å². The van der Waals surface area contributed by atoms with Gasteiger partial charge in [0.2, 0.25) is 0 Å². The molecule has 17 heavy (non-hydrogen) atoms. The van der Waals surface area contributed by atoms with Gasteiger partial charge in [-0.05, 0) is 29.3 Å². The van der Waals surface area contributed by atoms with E-state index < -0.39 is 0 Å². The number of halogens is 1. The zero-order valence-electron chi connectivity index (χ0n) is 9.67. The highest BCUT2D eigenvalue weighted by molar-refractivity contribution is 9.10. The summed E-state index contributed by atoms with van der Waals surface area (Å²) in [7, 11) is 0. The molecule has 0 nitrogen and oxygen atoms in total. The summed E-state index contributed by atoms with van der Waals surface area (Å²) in [5.41, 5.74) is 3.09. The smallest absolute Gasteiger partial charge is 0.0369 e. The molecule has 3 aromatic rings. The minimum Gasteiger partial charge on any atom is -0.135 e. The van der Waals surface area contributed by atoms with Crippen LogP contribution in [0.4, 0.5) is 0 Å². The van der Waals surface area contributed by atoms with Crippen molar-refractivity contribution in [2.75, 3.05) is 0 Å². The van der Waals surface area contributed by atoms with Crippen LogP contribution in [0, 0.1) is 0 Å². The van der Waals surface area contributed by atoms with Crippen molar-refractivity contribution >= 4 is 47.4 Å². The lowest BCUT2D eigenvalue weighted by Crippen LogP contribution is -2.15. The van der Waals surface area contributed by atoms with Crippen molar-refractivity contribution in [3.05, 3.63) is 45.9 Å². The number of hydrogen-bond donors (Lipinski definition) is 0. The molecule has 2 heteroatoms. The van der Waals surface area contributed by atoms with Gasteiger partial charge in [-0.3, -0.25) is 0 Å². The van der Waals surface area contributed by atoms with Crippen LogP contribution in [0.25, 0.3) is 20.2 Å².